The summed E-state index contributed by atoms with van der Waals surface area (Å²) in [6.07, 6.45) is 1.42. The van der Waals surface area contributed by atoms with Gasteiger partial charge in [-0.15, -0.1) is 0 Å². The number of carbonyl (C=O) groups is 1. The molecule has 8 heteroatoms. The number of halogens is 1. The van der Waals surface area contributed by atoms with Crippen LogP contribution in [0.5, 0.6) is 0 Å². The smallest absolute Gasteiger partial charge is 0.273 e. The molecule has 0 unspecified atom stereocenters. The summed E-state index contributed by atoms with van der Waals surface area (Å²) < 4.78 is 0. The Balaban J connectivity index is 1.65. The lowest BCUT2D eigenvalue weighted by Gasteiger charge is -2.06. The standard InChI is InChI=1S/C21H16ClN3O3S/c22-17-9-11-18(12-10-17)29-20-8-4-2-6-16(20)14-23-24-21(26)13-15-5-1-3-7-19(15)25(27)28/h1-12,14H,13H2,(H,24,26)/b23-14-. The Morgan fingerprint density at radius 2 is 1.76 bits per heavy atom. The van der Waals surface area contributed by atoms with Crippen molar-refractivity contribution in [3.8, 4) is 0 Å². The van der Waals surface area contributed by atoms with Crippen LogP contribution in [0, 0.1) is 10.1 Å². The molecule has 1 N–H and O–H groups in total. The molecular weight excluding hydrogens is 410 g/mol. The lowest BCUT2D eigenvalue weighted by molar-refractivity contribution is -0.385. The molecule has 6 nitrogen and oxygen atoms in total. The van der Waals surface area contributed by atoms with Crippen LogP contribution in [0.3, 0.4) is 0 Å². The van der Waals surface area contributed by atoms with Crippen molar-refractivity contribution in [3.05, 3.63) is 99.1 Å². The molecule has 3 aromatic rings. The van der Waals surface area contributed by atoms with E-state index in [1.54, 1.807) is 36.2 Å². The third-order valence-electron chi connectivity index (χ3n) is 3.89. The zero-order valence-electron chi connectivity index (χ0n) is 15.1. The van der Waals surface area contributed by atoms with Gasteiger partial charge in [0.1, 0.15) is 0 Å². The topological polar surface area (TPSA) is 84.6 Å². The molecule has 0 aliphatic carbocycles. The first kappa shape index (κ1) is 20.6. The molecule has 146 valence electrons. The summed E-state index contributed by atoms with van der Waals surface area (Å²) >= 11 is 7.47. The Morgan fingerprint density at radius 3 is 2.52 bits per heavy atom. The van der Waals surface area contributed by atoms with E-state index in [0.717, 1.165) is 15.4 Å². The van der Waals surface area contributed by atoms with Crippen LogP contribution in [-0.2, 0) is 11.2 Å². The zero-order chi connectivity index (χ0) is 20.6. The number of nitro benzene ring substituents is 1. The molecule has 0 radical (unpaired) electrons. The van der Waals surface area contributed by atoms with Crippen LogP contribution >= 0.6 is 23.4 Å². The Labute approximate surface area is 176 Å². The van der Waals surface area contributed by atoms with Gasteiger partial charge in [0.05, 0.1) is 17.6 Å². The summed E-state index contributed by atoms with van der Waals surface area (Å²) in [6.45, 7) is 0. The van der Waals surface area contributed by atoms with E-state index in [9.17, 15) is 14.9 Å². The molecule has 3 rings (SSSR count). The van der Waals surface area contributed by atoms with E-state index in [0.29, 0.717) is 10.6 Å². The van der Waals surface area contributed by atoms with Gasteiger partial charge >= 0.3 is 0 Å². The van der Waals surface area contributed by atoms with Gasteiger partial charge < -0.3 is 0 Å². The maximum atomic E-state index is 12.1. The number of hydrazone groups is 1. The highest BCUT2D eigenvalue weighted by Crippen LogP contribution is 2.30. The van der Waals surface area contributed by atoms with Crippen LogP contribution in [0.2, 0.25) is 5.02 Å². The van der Waals surface area contributed by atoms with Crippen LogP contribution in [0.4, 0.5) is 5.69 Å². The summed E-state index contributed by atoms with van der Waals surface area (Å²) in [5, 5.41) is 15.7. The number of hydrogen-bond acceptors (Lipinski definition) is 5. The second-order valence-electron chi connectivity index (χ2n) is 5.95. The van der Waals surface area contributed by atoms with Crippen LogP contribution < -0.4 is 5.43 Å². The van der Waals surface area contributed by atoms with Gasteiger partial charge in [0.15, 0.2) is 0 Å². The first-order valence-electron chi connectivity index (χ1n) is 8.59. The molecule has 0 saturated heterocycles. The van der Waals surface area contributed by atoms with E-state index in [-0.39, 0.29) is 12.1 Å². The van der Waals surface area contributed by atoms with Gasteiger partial charge in [0.2, 0.25) is 5.91 Å². The Bertz CT molecular complexity index is 1060. The van der Waals surface area contributed by atoms with Gasteiger partial charge in [-0.3, -0.25) is 14.9 Å². The van der Waals surface area contributed by atoms with Crippen LogP contribution in [0.25, 0.3) is 0 Å². The molecule has 0 aromatic heterocycles. The van der Waals surface area contributed by atoms with E-state index in [1.165, 1.54) is 6.07 Å². The number of carbonyl (C=O) groups excluding carboxylic acids is 1. The molecule has 0 bridgehead atoms. The van der Waals surface area contributed by atoms with Gasteiger partial charge in [-0.25, -0.2) is 5.43 Å². The minimum Gasteiger partial charge on any atom is -0.273 e. The Morgan fingerprint density at radius 1 is 1.07 bits per heavy atom. The lowest BCUT2D eigenvalue weighted by Crippen LogP contribution is -2.20. The van der Waals surface area contributed by atoms with Gasteiger partial charge in [0, 0.05) is 32.0 Å². The van der Waals surface area contributed by atoms with Crippen molar-refractivity contribution >= 4 is 41.2 Å². The molecule has 0 saturated carbocycles. The molecule has 0 spiro atoms. The highest BCUT2D eigenvalue weighted by atomic mass is 35.5. The maximum absolute atomic E-state index is 12.1. The molecule has 0 aliphatic heterocycles. The number of nitro groups is 1. The molecule has 0 fully saturated rings. The number of hydrogen-bond donors (Lipinski definition) is 1. The molecule has 0 heterocycles. The van der Waals surface area contributed by atoms with Gasteiger partial charge in [0.25, 0.3) is 5.69 Å². The van der Waals surface area contributed by atoms with Crippen LogP contribution in [0.15, 0.2) is 87.7 Å². The molecular formula is C21H16ClN3O3S. The fourth-order valence-corrected chi connectivity index (χ4v) is 3.57. The average Bonchev–Trinajstić information content (AvgIpc) is 2.71. The quantitative estimate of drug-likeness (QED) is 0.324. The van der Waals surface area contributed by atoms with Crippen molar-refractivity contribution in [3.63, 3.8) is 0 Å². The molecule has 3 aromatic carbocycles. The molecule has 0 atom stereocenters. The van der Waals surface area contributed by atoms with Crippen molar-refractivity contribution < 1.29 is 9.72 Å². The number of amides is 1. The van der Waals surface area contributed by atoms with E-state index in [1.807, 2.05) is 48.5 Å². The summed E-state index contributed by atoms with van der Waals surface area (Å²) in [5.74, 6) is -0.432. The second-order valence-corrected chi connectivity index (χ2v) is 7.50. The predicted octanol–water partition coefficient (Wildman–Crippen LogP) is 5.09. The zero-order valence-corrected chi connectivity index (χ0v) is 16.7. The van der Waals surface area contributed by atoms with Crippen LogP contribution in [-0.4, -0.2) is 17.0 Å². The fourth-order valence-electron chi connectivity index (χ4n) is 2.53. The summed E-state index contributed by atoms with van der Waals surface area (Å²) in [6, 6.07) is 21.3. The highest BCUT2D eigenvalue weighted by Gasteiger charge is 2.15. The van der Waals surface area contributed by atoms with Gasteiger partial charge in [-0.2, -0.15) is 5.10 Å². The van der Waals surface area contributed by atoms with E-state index in [2.05, 4.69) is 10.5 Å². The van der Waals surface area contributed by atoms with E-state index < -0.39 is 10.8 Å². The third-order valence-corrected chi connectivity index (χ3v) is 5.24. The largest absolute Gasteiger partial charge is 0.273 e. The SMILES string of the molecule is O=C(Cc1ccccc1[N+](=O)[O-])N/N=C\c1ccccc1Sc1ccc(Cl)cc1. The van der Waals surface area contributed by atoms with Crippen molar-refractivity contribution in [1.29, 1.82) is 0 Å². The van der Waals surface area contributed by atoms with Crippen molar-refractivity contribution in [2.24, 2.45) is 5.10 Å². The van der Waals surface area contributed by atoms with Crippen molar-refractivity contribution in [1.82, 2.24) is 5.43 Å². The van der Waals surface area contributed by atoms with Gasteiger partial charge in [-0.05, 0) is 30.3 Å². The number of nitrogens with one attached hydrogen (secondary N) is 1. The summed E-state index contributed by atoms with van der Waals surface area (Å²) in [7, 11) is 0. The summed E-state index contributed by atoms with van der Waals surface area (Å²) in [4.78, 5) is 24.6. The summed E-state index contributed by atoms with van der Waals surface area (Å²) in [5.41, 5.74) is 3.51. The Kier molecular flexibility index (Phi) is 6.99. The second kappa shape index (κ2) is 9.86. The molecule has 29 heavy (non-hydrogen) atoms. The molecule has 0 aliphatic rings. The number of para-hydroxylation sites is 1. The predicted molar refractivity (Wildman–Crippen MR) is 115 cm³/mol. The maximum Gasteiger partial charge on any atom is 0.273 e. The first-order chi connectivity index (χ1) is 14.0. The van der Waals surface area contributed by atoms with E-state index >= 15 is 0 Å². The number of benzene rings is 3. The van der Waals surface area contributed by atoms with E-state index in [4.69, 9.17) is 11.6 Å². The normalized spacial score (nSPS) is 10.8. The average molecular weight is 426 g/mol. The lowest BCUT2D eigenvalue weighted by atomic mass is 10.1. The minimum atomic E-state index is -0.504. The van der Waals surface area contributed by atoms with Gasteiger partial charge in [-0.1, -0.05) is 59.8 Å². The monoisotopic (exact) mass is 425 g/mol. The number of nitrogens with zero attached hydrogens (tertiary/aromatic N) is 2. The third kappa shape index (κ3) is 5.91. The minimum absolute atomic E-state index is 0.0867. The highest BCUT2D eigenvalue weighted by molar-refractivity contribution is 7.99. The number of rotatable bonds is 7. The first-order valence-corrected chi connectivity index (χ1v) is 9.79. The fraction of sp³-hybridized carbons (Fsp3) is 0.0476. The van der Waals surface area contributed by atoms with Crippen molar-refractivity contribution in [2.75, 3.05) is 0 Å². The Hall–Kier alpha value is -3.16. The van der Waals surface area contributed by atoms with Crippen molar-refractivity contribution in [2.45, 2.75) is 16.2 Å². The van der Waals surface area contributed by atoms with Crippen LogP contribution in [0.1, 0.15) is 11.1 Å². The molecule has 1 amide bonds.